The summed E-state index contributed by atoms with van der Waals surface area (Å²) in [6.07, 6.45) is 3.62. The predicted molar refractivity (Wildman–Crippen MR) is 203 cm³/mol. The number of ketones is 2. The maximum Gasteiger partial charge on any atom is 0.425 e. The third-order valence-electron chi connectivity index (χ3n) is 12.0. The van der Waals surface area contributed by atoms with E-state index in [0.717, 1.165) is 11.3 Å². The minimum Gasteiger partial charge on any atom is -0.458 e. The van der Waals surface area contributed by atoms with Crippen LogP contribution in [0.5, 0.6) is 0 Å². The van der Waals surface area contributed by atoms with Gasteiger partial charge in [-0.1, -0.05) is 48.5 Å². The van der Waals surface area contributed by atoms with Crippen LogP contribution in [-0.2, 0) is 33.3 Å². The van der Waals surface area contributed by atoms with Crippen molar-refractivity contribution in [1.29, 1.82) is 0 Å². The first-order chi connectivity index (χ1) is 25.9. The van der Waals surface area contributed by atoms with E-state index >= 15 is 0 Å². The summed E-state index contributed by atoms with van der Waals surface area (Å²) in [6.45, 7) is 18.8. The van der Waals surface area contributed by atoms with E-state index in [1.165, 1.54) is 11.9 Å². The highest BCUT2D eigenvalue weighted by atomic mass is 16.7. The lowest BCUT2D eigenvalue weighted by Gasteiger charge is -2.45. The number of hydrazine groups is 1. The Hall–Kier alpha value is -3.72. The van der Waals surface area contributed by atoms with Crippen LogP contribution in [0.3, 0.4) is 0 Å². The van der Waals surface area contributed by atoms with Crippen LogP contribution in [0.4, 0.5) is 4.79 Å². The van der Waals surface area contributed by atoms with Crippen LogP contribution in [-0.4, -0.2) is 97.7 Å². The van der Waals surface area contributed by atoms with Crippen molar-refractivity contribution in [3.63, 3.8) is 0 Å². The van der Waals surface area contributed by atoms with Crippen molar-refractivity contribution in [2.45, 2.75) is 144 Å². The lowest BCUT2D eigenvalue weighted by Crippen LogP contribution is -2.55. The molecule has 0 saturated carbocycles. The van der Waals surface area contributed by atoms with Crippen LogP contribution in [0.15, 0.2) is 37.1 Å². The SMILES string of the molecule is CC[C@H]1OC(=O)[C@H](C)C(=O)[C@H](C)[C@@H](OC2O[C@H](C)C[C@H](C)[C@H]2O)C(C)(C)C[C@@H](C)C(=O)[C@H](C)[C@@H]2C1OC(=O)N2NCCC(C)n1cnc(-c2cccnc2)c1. The van der Waals surface area contributed by atoms with Gasteiger partial charge < -0.3 is 28.6 Å². The van der Waals surface area contributed by atoms with Gasteiger partial charge in [0, 0.05) is 54.5 Å². The van der Waals surface area contributed by atoms with Crippen LogP contribution >= 0.6 is 0 Å². The van der Waals surface area contributed by atoms with Crippen molar-refractivity contribution in [3.05, 3.63) is 37.1 Å². The summed E-state index contributed by atoms with van der Waals surface area (Å²) < 4.78 is 26.5. The highest BCUT2D eigenvalue weighted by molar-refractivity contribution is 6.00. The standard InChI is InChI=1S/C41H61N5O9/c1-11-31-36-32(46(40(51)54-36)44-16-14-24(4)45-20-30(43-21-45)29-13-12-15-42-19-29)26(6)33(47)23(3)18-41(9,10)37(27(7)35(49)28(8)38(50)53-31)55-39-34(48)22(2)17-25(5)52-39/h12-13,15,19-28,31-32,34,36-37,39,44,48H,11,14,16-18H2,1-10H3/t22-,23+,24?,25+,26+,27-,28+,31+,32+,34+,36?,37+,39?/m0/s1. The molecule has 0 bridgehead atoms. The molecule has 3 aliphatic heterocycles. The fraction of sp³-hybridized carbons (Fsp3) is 0.707. The average molecular weight is 768 g/mol. The second kappa shape index (κ2) is 17.6. The number of fused-ring (bicyclic) bond motifs is 1. The molecule has 5 rings (SSSR count). The minimum atomic E-state index is -1.16. The molecule has 2 aromatic heterocycles. The Morgan fingerprint density at radius 3 is 2.45 bits per heavy atom. The first kappa shape index (κ1) is 42.4. The van der Waals surface area contributed by atoms with Gasteiger partial charge in [0.2, 0.25) is 0 Å². The van der Waals surface area contributed by atoms with Crippen molar-refractivity contribution in [2.75, 3.05) is 6.54 Å². The van der Waals surface area contributed by atoms with Gasteiger partial charge in [-0.2, -0.15) is 0 Å². The van der Waals surface area contributed by atoms with Gasteiger partial charge in [-0.05, 0) is 69.9 Å². The van der Waals surface area contributed by atoms with Crippen LogP contribution < -0.4 is 5.43 Å². The molecule has 0 spiro atoms. The summed E-state index contributed by atoms with van der Waals surface area (Å²) in [6, 6.07) is 3.01. The quantitative estimate of drug-likeness (QED) is 0.242. The number of aromatic nitrogens is 3. The summed E-state index contributed by atoms with van der Waals surface area (Å²) in [5.41, 5.74) is 4.15. The monoisotopic (exact) mass is 767 g/mol. The third kappa shape index (κ3) is 9.30. The smallest absolute Gasteiger partial charge is 0.425 e. The molecule has 14 nitrogen and oxygen atoms in total. The second-order valence-corrected chi connectivity index (χ2v) is 16.9. The summed E-state index contributed by atoms with van der Waals surface area (Å²) in [7, 11) is 0. The molecule has 3 fully saturated rings. The fourth-order valence-electron chi connectivity index (χ4n) is 8.72. The van der Waals surface area contributed by atoms with Crippen LogP contribution in [0.25, 0.3) is 11.3 Å². The zero-order valence-corrected chi connectivity index (χ0v) is 34.0. The molecule has 5 heterocycles. The Morgan fingerprint density at radius 2 is 1.78 bits per heavy atom. The fourth-order valence-corrected chi connectivity index (χ4v) is 8.72. The van der Waals surface area contributed by atoms with E-state index in [9.17, 15) is 24.3 Å². The Kier molecular flexibility index (Phi) is 13.6. The molecular formula is C41H61N5O9. The molecule has 0 aliphatic carbocycles. The number of amides is 1. The zero-order valence-electron chi connectivity index (χ0n) is 34.0. The highest BCUT2D eigenvalue weighted by Crippen LogP contribution is 2.41. The van der Waals surface area contributed by atoms with E-state index in [2.05, 4.69) is 15.4 Å². The molecule has 14 heteroatoms. The second-order valence-electron chi connectivity index (χ2n) is 16.9. The summed E-state index contributed by atoms with van der Waals surface area (Å²) >= 11 is 0. The number of esters is 1. The van der Waals surface area contributed by atoms with Gasteiger partial charge in [0.25, 0.3) is 0 Å². The Bertz CT molecular complexity index is 1650. The molecule has 0 radical (unpaired) electrons. The minimum absolute atomic E-state index is 0.0117. The molecule has 55 heavy (non-hydrogen) atoms. The summed E-state index contributed by atoms with van der Waals surface area (Å²) in [5, 5.41) is 12.4. The largest absolute Gasteiger partial charge is 0.458 e. The van der Waals surface area contributed by atoms with Crippen molar-refractivity contribution in [2.24, 2.45) is 35.0 Å². The number of pyridine rings is 1. The van der Waals surface area contributed by atoms with Gasteiger partial charge in [-0.25, -0.2) is 20.2 Å². The maximum absolute atomic E-state index is 14.5. The number of ether oxygens (including phenoxy) is 4. The number of aliphatic hydroxyl groups excluding tert-OH is 1. The molecule has 13 atom stereocenters. The highest BCUT2D eigenvalue weighted by Gasteiger charge is 2.53. The lowest BCUT2D eigenvalue weighted by atomic mass is 9.70. The van der Waals surface area contributed by atoms with Crippen LogP contribution in [0.2, 0.25) is 0 Å². The maximum atomic E-state index is 14.5. The number of aliphatic hydroxyl groups is 1. The van der Waals surface area contributed by atoms with E-state index in [1.54, 1.807) is 32.6 Å². The number of imidazole rings is 1. The van der Waals surface area contributed by atoms with Crippen molar-refractivity contribution >= 4 is 23.6 Å². The summed E-state index contributed by atoms with van der Waals surface area (Å²) in [5.74, 6) is -4.56. The molecule has 0 aromatic carbocycles. The van der Waals surface area contributed by atoms with Crippen molar-refractivity contribution < 1.29 is 43.2 Å². The normalized spacial score (nSPS) is 35.4. The number of cyclic esters (lactones) is 1. The van der Waals surface area contributed by atoms with E-state index in [1.807, 2.05) is 71.4 Å². The molecule has 3 unspecified atom stereocenters. The molecule has 304 valence electrons. The first-order valence-corrected chi connectivity index (χ1v) is 19.9. The van der Waals surface area contributed by atoms with E-state index < -0.39 is 83.7 Å². The van der Waals surface area contributed by atoms with Gasteiger partial charge in [0.1, 0.15) is 30.0 Å². The number of rotatable bonds is 9. The number of nitrogens with zero attached hydrogens (tertiary/aromatic N) is 4. The average Bonchev–Trinajstić information content (AvgIpc) is 3.78. The molecule has 3 saturated heterocycles. The molecular weight excluding hydrogens is 706 g/mol. The van der Waals surface area contributed by atoms with E-state index in [0.29, 0.717) is 25.8 Å². The molecule has 1 amide bonds. The molecule has 3 aliphatic rings. The van der Waals surface area contributed by atoms with Gasteiger partial charge in [0.15, 0.2) is 18.2 Å². The number of carbonyl (C=O) groups is 4. The molecule has 2 N–H and O–H groups in total. The van der Waals surface area contributed by atoms with Gasteiger partial charge in [0.05, 0.1) is 24.2 Å². The van der Waals surface area contributed by atoms with Gasteiger partial charge in [-0.15, -0.1) is 0 Å². The number of hydrogen-bond acceptors (Lipinski definition) is 12. The van der Waals surface area contributed by atoms with Gasteiger partial charge >= 0.3 is 12.1 Å². The molecule has 2 aromatic rings. The van der Waals surface area contributed by atoms with Crippen LogP contribution in [0, 0.1) is 35.0 Å². The Morgan fingerprint density at radius 1 is 1.05 bits per heavy atom. The Labute approximate surface area is 325 Å². The number of nitrogens with one attached hydrogen (secondary N) is 1. The topological polar surface area (TPSA) is 171 Å². The van der Waals surface area contributed by atoms with E-state index in [4.69, 9.17) is 18.9 Å². The number of hydrogen-bond donors (Lipinski definition) is 2. The van der Waals surface area contributed by atoms with Crippen LogP contribution in [0.1, 0.15) is 101 Å². The predicted octanol–water partition coefficient (Wildman–Crippen LogP) is 5.54. The van der Waals surface area contributed by atoms with Crippen molar-refractivity contribution in [3.8, 4) is 11.3 Å². The van der Waals surface area contributed by atoms with E-state index in [-0.39, 0.29) is 30.3 Å². The summed E-state index contributed by atoms with van der Waals surface area (Å²) in [4.78, 5) is 64.6. The van der Waals surface area contributed by atoms with Gasteiger partial charge in [-0.3, -0.25) is 19.4 Å². The number of Topliss-reactive ketones (excluding diaryl/α,β-unsaturated/α-hetero) is 2. The van der Waals surface area contributed by atoms with Crippen molar-refractivity contribution in [1.82, 2.24) is 25.0 Å². The zero-order chi connectivity index (χ0) is 40.4. The Balaban J connectivity index is 1.39. The lowest BCUT2D eigenvalue weighted by molar-refractivity contribution is -0.284. The number of carbonyl (C=O) groups excluding carboxylic acids is 4. The first-order valence-electron chi connectivity index (χ1n) is 19.9. The third-order valence-corrected chi connectivity index (χ3v) is 12.0.